The molecule has 1 heterocycles. The van der Waals surface area contributed by atoms with E-state index in [0.29, 0.717) is 0 Å². The van der Waals surface area contributed by atoms with Gasteiger partial charge in [0.1, 0.15) is 0 Å². The minimum absolute atomic E-state index is 0.0318. The summed E-state index contributed by atoms with van der Waals surface area (Å²) in [5, 5.41) is 8.70. The number of nitrogens with zero attached hydrogens (tertiary/aromatic N) is 1. The molecule has 0 radical (unpaired) electrons. The van der Waals surface area contributed by atoms with Gasteiger partial charge in [-0.05, 0) is 49.6 Å². The SMILES string of the molecule is O=C(O)Cc1cc(Br)c2nc(Br)sc2c1. The fraction of sp³-hybridized carbons (Fsp3) is 0.111. The van der Waals surface area contributed by atoms with E-state index >= 15 is 0 Å². The van der Waals surface area contributed by atoms with Crippen LogP contribution in [0, 0.1) is 0 Å². The predicted molar refractivity (Wildman–Crippen MR) is 66.4 cm³/mol. The fourth-order valence-electron chi connectivity index (χ4n) is 1.29. The van der Waals surface area contributed by atoms with Gasteiger partial charge in [0.25, 0.3) is 0 Å². The van der Waals surface area contributed by atoms with Gasteiger partial charge in [0.15, 0.2) is 3.92 Å². The van der Waals surface area contributed by atoms with Crippen molar-refractivity contribution in [2.75, 3.05) is 0 Å². The lowest BCUT2D eigenvalue weighted by atomic mass is 10.1. The molecule has 0 bridgehead atoms. The molecule has 78 valence electrons. The number of hydrogen-bond donors (Lipinski definition) is 1. The molecule has 2 aromatic rings. The number of carbonyl (C=O) groups is 1. The Morgan fingerprint density at radius 3 is 2.87 bits per heavy atom. The summed E-state index contributed by atoms with van der Waals surface area (Å²) in [6.07, 6.45) is 0.0318. The van der Waals surface area contributed by atoms with Crippen molar-refractivity contribution in [3.05, 3.63) is 26.1 Å². The van der Waals surface area contributed by atoms with Gasteiger partial charge in [-0.15, -0.1) is 11.3 Å². The van der Waals surface area contributed by atoms with Crippen LogP contribution < -0.4 is 0 Å². The largest absolute Gasteiger partial charge is 0.481 e. The Bertz CT molecular complexity index is 538. The van der Waals surface area contributed by atoms with Crippen molar-refractivity contribution >= 4 is 59.4 Å². The maximum atomic E-state index is 10.6. The van der Waals surface area contributed by atoms with Crippen molar-refractivity contribution < 1.29 is 9.90 Å². The van der Waals surface area contributed by atoms with Gasteiger partial charge < -0.3 is 5.11 Å². The van der Waals surface area contributed by atoms with E-state index in [0.717, 1.165) is 24.2 Å². The standard InChI is InChI=1S/C9H5Br2NO2S/c10-5-1-4(3-7(13)14)2-6-8(5)12-9(11)15-6/h1-2H,3H2,(H,13,14). The summed E-state index contributed by atoms with van der Waals surface area (Å²) in [7, 11) is 0. The first-order valence-electron chi connectivity index (χ1n) is 4.02. The average molecular weight is 351 g/mol. The van der Waals surface area contributed by atoms with Gasteiger partial charge in [0, 0.05) is 4.47 Å². The van der Waals surface area contributed by atoms with E-state index in [9.17, 15) is 4.79 Å². The minimum atomic E-state index is -0.829. The molecule has 0 unspecified atom stereocenters. The Labute approximate surface area is 106 Å². The normalized spacial score (nSPS) is 10.8. The maximum absolute atomic E-state index is 10.6. The van der Waals surface area contributed by atoms with Crippen molar-refractivity contribution in [3.8, 4) is 0 Å². The molecule has 2 rings (SSSR count). The third-order valence-corrected chi connectivity index (χ3v) is 3.90. The van der Waals surface area contributed by atoms with Crippen LogP contribution in [0.15, 0.2) is 20.5 Å². The molecule has 15 heavy (non-hydrogen) atoms. The molecule has 0 saturated carbocycles. The Hall–Kier alpha value is -0.460. The summed E-state index contributed by atoms with van der Waals surface area (Å²) in [5.41, 5.74) is 1.64. The summed E-state index contributed by atoms with van der Waals surface area (Å²) in [5.74, 6) is -0.829. The van der Waals surface area contributed by atoms with Crippen LogP contribution in [0.25, 0.3) is 10.2 Å². The lowest BCUT2D eigenvalue weighted by molar-refractivity contribution is -0.136. The molecule has 3 nitrogen and oxygen atoms in total. The zero-order valence-electron chi connectivity index (χ0n) is 7.33. The topological polar surface area (TPSA) is 50.2 Å². The molecule has 0 fully saturated rings. The third-order valence-electron chi connectivity index (χ3n) is 1.84. The van der Waals surface area contributed by atoms with E-state index in [1.54, 1.807) is 6.07 Å². The first-order chi connectivity index (χ1) is 7.06. The van der Waals surface area contributed by atoms with Crippen LogP contribution in [0.4, 0.5) is 0 Å². The first-order valence-corrected chi connectivity index (χ1v) is 6.43. The lowest BCUT2D eigenvalue weighted by Crippen LogP contribution is -1.99. The van der Waals surface area contributed by atoms with E-state index in [2.05, 4.69) is 36.8 Å². The number of fused-ring (bicyclic) bond motifs is 1. The van der Waals surface area contributed by atoms with E-state index in [1.165, 1.54) is 11.3 Å². The van der Waals surface area contributed by atoms with Crippen LogP contribution in [0.3, 0.4) is 0 Å². The van der Waals surface area contributed by atoms with Gasteiger partial charge in [-0.3, -0.25) is 4.79 Å². The van der Waals surface area contributed by atoms with Crippen LogP contribution in [0.1, 0.15) is 5.56 Å². The molecule has 0 atom stereocenters. The van der Waals surface area contributed by atoms with Gasteiger partial charge in [0.2, 0.25) is 0 Å². The number of aromatic nitrogens is 1. The van der Waals surface area contributed by atoms with Crippen molar-refractivity contribution in [2.24, 2.45) is 0 Å². The predicted octanol–water partition coefficient (Wildman–Crippen LogP) is 3.45. The number of rotatable bonds is 2. The number of thiazole rings is 1. The van der Waals surface area contributed by atoms with E-state index in [4.69, 9.17) is 5.11 Å². The van der Waals surface area contributed by atoms with Crippen LogP contribution in [0.2, 0.25) is 0 Å². The van der Waals surface area contributed by atoms with Gasteiger partial charge in [0.05, 0.1) is 16.6 Å². The highest BCUT2D eigenvalue weighted by molar-refractivity contribution is 9.11. The quantitative estimate of drug-likeness (QED) is 0.902. The summed E-state index contributed by atoms with van der Waals surface area (Å²) in [4.78, 5) is 14.9. The molecule has 0 aliphatic rings. The van der Waals surface area contributed by atoms with Crippen LogP contribution >= 0.6 is 43.2 Å². The zero-order valence-corrected chi connectivity index (χ0v) is 11.3. The lowest BCUT2D eigenvalue weighted by Gasteiger charge is -1.98. The van der Waals surface area contributed by atoms with Crippen molar-refractivity contribution in [3.63, 3.8) is 0 Å². The molecule has 6 heteroatoms. The molecule has 1 N–H and O–H groups in total. The zero-order chi connectivity index (χ0) is 11.0. The molecule has 0 spiro atoms. The number of aliphatic carboxylic acids is 1. The number of benzene rings is 1. The second-order valence-electron chi connectivity index (χ2n) is 2.96. The molecule has 1 aromatic heterocycles. The molecular weight excluding hydrogens is 346 g/mol. The monoisotopic (exact) mass is 349 g/mol. The third kappa shape index (κ3) is 2.38. The molecule has 0 aliphatic heterocycles. The van der Waals surface area contributed by atoms with Crippen LogP contribution in [-0.4, -0.2) is 16.1 Å². The van der Waals surface area contributed by atoms with E-state index < -0.39 is 5.97 Å². The van der Waals surface area contributed by atoms with Gasteiger partial charge in [-0.2, -0.15) is 0 Å². The number of carboxylic acid groups (broad SMARTS) is 1. The number of hydrogen-bond acceptors (Lipinski definition) is 3. The highest BCUT2D eigenvalue weighted by Gasteiger charge is 2.09. The Kier molecular flexibility index (Phi) is 3.08. The molecule has 0 amide bonds. The first kappa shape index (κ1) is 11.0. The van der Waals surface area contributed by atoms with Gasteiger partial charge in [-0.1, -0.05) is 0 Å². The molecule has 0 saturated heterocycles. The van der Waals surface area contributed by atoms with Crippen molar-refractivity contribution in [1.82, 2.24) is 4.98 Å². The summed E-state index contributed by atoms with van der Waals surface area (Å²) in [6.45, 7) is 0. The average Bonchev–Trinajstić information content (AvgIpc) is 2.44. The summed E-state index contributed by atoms with van der Waals surface area (Å²) >= 11 is 8.18. The van der Waals surface area contributed by atoms with Gasteiger partial charge >= 0.3 is 5.97 Å². The van der Waals surface area contributed by atoms with E-state index in [-0.39, 0.29) is 6.42 Å². The Morgan fingerprint density at radius 2 is 2.20 bits per heavy atom. The minimum Gasteiger partial charge on any atom is -0.481 e. The van der Waals surface area contributed by atoms with Crippen LogP contribution in [0.5, 0.6) is 0 Å². The Balaban J connectivity index is 2.56. The highest BCUT2D eigenvalue weighted by Crippen LogP contribution is 2.32. The van der Waals surface area contributed by atoms with Gasteiger partial charge in [-0.25, -0.2) is 4.98 Å². The Morgan fingerprint density at radius 1 is 1.47 bits per heavy atom. The molecular formula is C9H5Br2NO2S. The highest BCUT2D eigenvalue weighted by atomic mass is 79.9. The van der Waals surface area contributed by atoms with Crippen molar-refractivity contribution in [2.45, 2.75) is 6.42 Å². The maximum Gasteiger partial charge on any atom is 0.307 e. The van der Waals surface area contributed by atoms with Crippen LogP contribution in [-0.2, 0) is 11.2 Å². The fourth-order valence-corrected chi connectivity index (χ4v) is 3.50. The van der Waals surface area contributed by atoms with Crippen molar-refractivity contribution in [1.29, 1.82) is 0 Å². The summed E-state index contributed by atoms with van der Waals surface area (Å²) < 4.78 is 2.61. The van der Waals surface area contributed by atoms with E-state index in [1.807, 2.05) is 6.07 Å². The second-order valence-corrected chi connectivity index (χ2v) is 6.12. The summed E-state index contributed by atoms with van der Waals surface area (Å²) in [6, 6.07) is 3.65. The second kappa shape index (κ2) is 4.19. The number of carboxylic acids is 1. The molecule has 1 aromatic carbocycles. The molecule has 0 aliphatic carbocycles. The number of halogens is 2. The smallest absolute Gasteiger partial charge is 0.307 e.